The van der Waals surface area contributed by atoms with Crippen molar-refractivity contribution in [2.45, 2.75) is 32.8 Å². The van der Waals surface area contributed by atoms with Crippen LogP contribution in [0, 0.1) is 17.8 Å². The SMILES string of the molecule is CC(C)C1C=C(CNc2c(Nc3cccc(C=O)c3O)c(=O)c2=O)OC1C1CC1. The van der Waals surface area contributed by atoms with Crippen LogP contribution in [0.5, 0.6) is 5.75 Å². The maximum absolute atomic E-state index is 12.0. The molecule has 2 aromatic carbocycles. The number of nitrogens with one attached hydrogen (secondary N) is 2. The second-order valence-corrected chi connectivity index (χ2v) is 8.12. The summed E-state index contributed by atoms with van der Waals surface area (Å²) in [5.41, 5.74) is -0.761. The Morgan fingerprint density at radius 2 is 1.93 bits per heavy atom. The molecule has 1 aliphatic carbocycles. The van der Waals surface area contributed by atoms with Crippen LogP contribution in [-0.2, 0) is 4.74 Å². The van der Waals surface area contributed by atoms with Crippen molar-refractivity contribution in [1.29, 1.82) is 0 Å². The minimum atomic E-state index is -0.666. The van der Waals surface area contributed by atoms with Crippen molar-refractivity contribution in [1.82, 2.24) is 0 Å². The molecule has 29 heavy (non-hydrogen) atoms. The number of benzene rings is 1. The lowest BCUT2D eigenvalue weighted by atomic mass is 9.89. The quantitative estimate of drug-likeness (QED) is 0.358. The highest BCUT2D eigenvalue weighted by molar-refractivity contribution is 5.87. The van der Waals surface area contributed by atoms with E-state index in [1.54, 1.807) is 6.07 Å². The number of aromatic hydroxyl groups is 1. The number of ether oxygens (including phenoxy) is 1. The average Bonchev–Trinajstić information content (AvgIpc) is 3.47. The highest BCUT2D eigenvalue weighted by atomic mass is 16.5. The number of anilines is 3. The summed E-state index contributed by atoms with van der Waals surface area (Å²) < 4.78 is 6.12. The molecule has 2 aliphatic rings. The van der Waals surface area contributed by atoms with Gasteiger partial charge in [0.2, 0.25) is 0 Å². The molecule has 4 rings (SSSR count). The van der Waals surface area contributed by atoms with Crippen molar-refractivity contribution in [2.24, 2.45) is 17.8 Å². The van der Waals surface area contributed by atoms with Crippen LogP contribution < -0.4 is 21.5 Å². The predicted octanol–water partition coefficient (Wildman–Crippen LogP) is 2.92. The third-order valence-corrected chi connectivity index (χ3v) is 5.71. The van der Waals surface area contributed by atoms with Crippen LogP contribution >= 0.6 is 0 Å². The number of aldehydes is 1. The Balaban J connectivity index is 1.48. The first-order valence-corrected chi connectivity index (χ1v) is 9.89. The minimum Gasteiger partial charge on any atom is -0.505 e. The fourth-order valence-corrected chi connectivity index (χ4v) is 3.86. The molecule has 0 spiro atoms. The highest BCUT2D eigenvalue weighted by Gasteiger charge is 2.42. The first-order chi connectivity index (χ1) is 13.9. The normalized spacial score (nSPS) is 21.1. The van der Waals surface area contributed by atoms with Gasteiger partial charge in [-0.2, -0.15) is 0 Å². The standard InChI is InChI=1S/C22H24N2O5/c1-11(2)15-8-14(29-22(15)12-6-7-12)9-23-17-18(21(28)20(17)27)24-16-5-3-4-13(10-25)19(16)26/h3-5,8,10-12,15,22-24,26H,6-7,9H2,1-2H3. The van der Waals surface area contributed by atoms with E-state index in [-0.39, 0.29) is 34.5 Å². The molecule has 2 unspecified atom stereocenters. The third kappa shape index (κ3) is 3.52. The first kappa shape index (κ1) is 19.2. The number of hydrogen-bond acceptors (Lipinski definition) is 7. The van der Waals surface area contributed by atoms with Crippen LogP contribution in [0.4, 0.5) is 17.1 Å². The van der Waals surface area contributed by atoms with Gasteiger partial charge in [0, 0.05) is 5.92 Å². The minimum absolute atomic E-state index is 0.0751. The second-order valence-electron chi connectivity index (χ2n) is 8.12. The summed E-state index contributed by atoms with van der Waals surface area (Å²) in [4.78, 5) is 35.0. The van der Waals surface area contributed by atoms with Crippen molar-refractivity contribution in [2.75, 3.05) is 17.2 Å². The Labute approximate surface area is 168 Å². The smallest absolute Gasteiger partial charge is 0.253 e. The van der Waals surface area contributed by atoms with Gasteiger partial charge >= 0.3 is 0 Å². The van der Waals surface area contributed by atoms with Crippen molar-refractivity contribution in [3.63, 3.8) is 0 Å². The number of carbonyl (C=O) groups is 1. The fourth-order valence-electron chi connectivity index (χ4n) is 3.86. The van der Waals surface area contributed by atoms with E-state index in [4.69, 9.17) is 4.74 Å². The predicted molar refractivity (Wildman–Crippen MR) is 111 cm³/mol. The molecule has 7 heteroatoms. The van der Waals surface area contributed by atoms with Gasteiger partial charge in [-0.05, 0) is 42.9 Å². The molecular weight excluding hydrogens is 372 g/mol. The van der Waals surface area contributed by atoms with Crippen LogP contribution in [0.2, 0.25) is 0 Å². The number of phenolic OH excluding ortho intramolecular Hbond substituents is 1. The van der Waals surface area contributed by atoms with Crippen LogP contribution in [0.15, 0.2) is 39.6 Å². The molecule has 2 atom stereocenters. The van der Waals surface area contributed by atoms with E-state index in [1.165, 1.54) is 25.0 Å². The van der Waals surface area contributed by atoms with Gasteiger partial charge in [0.15, 0.2) is 6.29 Å². The largest absolute Gasteiger partial charge is 0.505 e. The summed E-state index contributed by atoms with van der Waals surface area (Å²) in [5, 5.41) is 15.9. The van der Waals surface area contributed by atoms with Gasteiger partial charge < -0.3 is 20.5 Å². The van der Waals surface area contributed by atoms with E-state index in [0.717, 1.165) is 5.76 Å². The molecule has 7 nitrogen and oxygen atoms in total. The summed E-state index contributed by atoms with van der Waals surface area (Å²) in [7, 11) is 0. The number of phenols is 1. The van der Waals surface area contributed by atoms with E-state index in [1.807, 2.05) is 0 Å². The maximum Gasteiger partial charge on any atom is 0.253 e. The van der Waals surface area contributed by atoms with Crippen LogP contribution in [0.25, 0.3) is 0 Å². The van der Waals surface area contributed by atoms with E-state index < -0.39 is 10.9 Å². The number of rotatable bonds is 8. The Bertz CT molecular complexity index is 1040. The molecule has 0 aromatic heterocycles. The van der Waals surface area contributed by atoms with Crippen molar-refractivity contribution in [3.8, 4) is 5.75 Å². The highest BCUT2D eigenvalue weighted by Crippen LogP contribution is 2.44. The molecular formula is C22H24N2O5. The van der Waals surface area contributed by atoms with Gasteiger partial charge in [0.1, 0.15) is 29.0 Å². The molecule has 1 saturated carbocycles. The van der Waals surface area contributed by atoms with Crippen LogP contribution in [0.3, 0.4) is 0 Å². The topological polar surface area (TPSA) is 105 Å². The molecule has 0 amide bonds. The van der Waals surface area contributed by atoms with E-state index in [2.05, 4.69) is 30.6 Å². The molecule has 0 saturated heterocycles. The molecule has 3 N–H and O–H groups in total. The lowest BCUT2D eigenvalue weighted by Crippen LogP contribution is -2.37. The van der Waals surface area contributed by atoms with Crippen LogP contribution in [0.1, 0.15) is 37.0 Å². The molecule has 152 valence electrons. The van der Waals surface area contributed by atoms with E-state index in [9.17, 15) is 19.5 Å². The maximum atomic E-state index is 12.0. The number of carbonyl (C=O) groups excluding carboxylic acids is 1. The van der Waals surface area contributed by atoms with E-state index >= 15 is 0 Å². The zero-order valence-electron chi connectivity index (χ0n) is 16.4. The van der Waals surface area contributed by atoms with Crippen molar-refractivity contribution < 1.29 is 14.6 Å². The fraction of sp³-hybridized carbons (Fsp3) is 0.409. The Morgan fingerprint density at radius 3 is 2.59 bits per heavy atom. The van der Waals surface area contributed by atoms with Crippen LogP contribution in [-0.4, -0.2) is 24.0 Å². The zero-order chi connectivity index (χ0) is 20.7. The molecule has 1 fully saturated rings. The second kappa shape index (κ2) is 7.39. The van der Waals surface area contributed by atoms with Gasteiger partial charge in [-0.15, -0.1) is 0 Å². The van der Waals surface area contributed by atoms with E-state index in [0.29, 0.717) is 30.6 Å². The van der Waals surface area contributed by atoms with Gasteiger partial charge in [-0.1, -0.05) is 19.9 Å². The molecule has 0 radical (unpaired) electrons. The molecule has 0 bridgehead atoms. The van der Waals surface area contributed by atoms with Gasteiger partial charge in [0.25, 0.3) is 10.9 Å². The molecule has 1 heterocycles. The summed E-state index contributed by atoms with van der Waals surface area (Å²) >= 11 is 0. The number of hydrogen-bond donors (Lipinski definition) is 3. The summed E-state index contributed by atoms with van der Waals surface area (Å²) in [5.74, 6) is 1.94. The number of para-hydroxylation sites is 1. The summed E-state index contributed by atoms with van der Waals surface area (Å²) in [6, 6.07) is 4.56. The third-order valence-electron chi connectivity index (χ3n) is 5.71. The van der Waals surface area contributed by atoms with Gasteiger partial charge in [-0.3, -0.25) is 14.4 Å². The lowest BCUT2D eigenvalue weighted by molar-refractivity contribution is 0.0777. The van der Waals surface area contributed by atoms with Gasteiger partial charge in [-0.25, -0.2) is 0 Å². The lowest BCUT2D eigenvalue weighted by Gasteiger charge is -2.22. The Hall–Kier alpha value is -3.09. The zero-order valence-corrected chi connectivity index (χ0v) is 16.4. The monoisotopic (exact) mass is 396 g/mol. The van der Waals surface area contributed by atoms with Gasteiger partial charge in [0.05, 0.1) is 17.8 Å². The van der Waals surface area contributed by atoms with Crippen molar-refractivity contribution >= 4 is 23.3 Å². The summed E-state index contributed by atoms with van der Waals surface area (Å²) in [6.45, 7) is 4.66. The Morgan fingerprint density at radius 1 is 1.21 bits per heavy atom. The molecule has 2 aromatic rings. The first-order valence-electron chi connectivity index (χ1n) is 9.89. The Kier molecular flexibility index (Phi) is 4.90. The average molecular weight is 396 g/mol. The summed E-state index contributed by atoms with van der Waals surface area (Å²) in [6.07, 6.45) is 5.22. The molecule has 1 aliphatic heterocycles. The van der Waals surface area contributed by atoms with Crippen molar-refractivity contribution in [3.05, 3.63) is 56.0 Å².